The van der Waals surface area contributed by atoms with Crippen molar-refractivity contribution in [1.82, 2.24) is 10.6 Å². The molecule has 0 saturated carbocycles. The maximum absolute atomic E-state index is 11.5. The Morgan fingerprint density at radius 1 is 1.30 bits per heavy atom. The molecule has 20 heavy (non-hydrogen) atoms. The number of alkyl carbamates (subject to hydrolysis) is 1. The Kier molecular flexibility index (Phi) is 6.83. The Bertz CT molecular complexity index is 381. The normalized spacial score (nSPS) is 14.6. The number of hydrogen-bond donors (Lipinski definition) is 2. The average molecular weight is 290 g/mol. The van der Waals surface area contributed by atoms with Gasteiger partial charge in [-0.3, -0.25) is 4.79 Å². The van der Waals surface area contributed by atoms with Crippen molar-refractivity contribution in [3.63, 3.8) is 0 Å². The first-order valence-electron chi connectivity index (χ1n) is 6.88. The van der Waals surface area contributed by atoms with Crippen LogP contribution in [0.2, 0.25) is 0 Å². The van der Waals surface area contributed by atoms with Crippen molar-refractivity contribution in [3.8, 4) is 0 Å². The summed E-state index contributed by atoms with van der Waals surface area (Å²) in [5.41, 5.74) is -0.602. The van der Waals surface area contributed by atoms with Gasteiger partial charge in [-0.1, -0.05) is 0 Å². The monoisotopic (exact) mass is 290 g/mol. The van der Waals surface area contributed by atoms with Crippen LogP contribution in [0.4, 0.5) is 4.79 Å². The first-order chi connectivity index (χ1) is 9.56. The van der Waals surface area contributed by atoms with E-state index in [4.69, 9.17) is 6.11 Å². The molecule has 0 aliphatic carbocycles. The third kappa shape index (κ3) is 9.18. The summed E-state index contributed by atoms with van der Waals surface area (Å²) >= 11 is 0. The highest BCUT2D eigenvalue weighted by Crippen LogP contribution is 2.06. The van der Waals surface area contributed by atoms with Crippen molar-refractivity contribution in [2.45, 2.75) is 52.2 Å². The molecule has 0 radical (unpaired) electrons. The summed E-state index contributed by atoms with van der Waals surface area (Å²) in [5.74, 6) is -1.12. The molecule has 0 fully saturated rings. The van der Waals surface area contributed by atoms with Gasteiger partial charge in [0, 0.05) is 14.8 Å². The second-order valence-corrected chi connectivity index (χ2v) is 5.15. The molecule has 0 aromatic carbocycles. The van der Waals surface area contributed by atoms with Crippen LogP contribution in [0.3, 0.4) is 0 Å². The van der Waals surface area contributed by atoms with Crippen LogP contribution >= 0.6 is 0 Å². The van der Waals surface area contributed by atoms with Crippen LogP contribution < -0.4 is 10.6 Å². The lowest BCUT2D eigenvalue weighted by molar-refractivity contribution is -0.145. The van der Waals surface area contributed by atoms with E-state index >= 15 is 0 Å². The minimum absolute atomic E-state index is 0.149. The van der Waals surface area contributed by atoms with Gasteiger partial charge < -0.3 is 20.1 Å². The van der Waals surface area contributed by atoms with Gasteiger partial charge in [0.05, 0.1) is 7.11 Å². The van der Waals surface area contributed by atoms with E-state index in [-0.39, 0.29) is 13.0 Å². The second kappa shape index (κ2) is 8.39. The zero-order valence-corrected chi connectivity index (χ0v) is 12.6. The summed E-state index contributed by atoms with van der Waals surface area (Å²) in [6, 6.07) is -1.06. The van der Waals surface area contributed by atoms with Gasteiger partial charge >= 0.3 is 12.1 Å². The van der Waals surface area contributed by atoms with Crippen LogP contribution in [-0.2, 0) is 19.1 Å². The third-order valence-corrected chi connectivity index (χ3v) is 2.03. The largest absolute Gasteiger partial charge is 0.467 e. The zero-order valence-electron chi connectivity index (χ0n) is 13.6. The minimum Gasteiger partial charge on any atom is -0.467 e. The molecule has 2 atom stereocenters. The number of methoxy groups -OCH3 is 1. The number of nitrogens with one attached hydrogen (secondary N) is 2. The van der Waals surface area contributed by atoms with Crippen LogP contribution in [0.25, 0.3) is 0 Å². The minimum atomic E-state index is -1.06. The molecule has 0 aliphatic rings. The smallest absolute Gasteiger partial charge is 0.407 e. The topological polar surface area (TPSA) is 93.7 Å². The summed E-state index contributed by atoms with van der Waals surface area (Å²) in [4.78, 5) is 34.0. The fourth-order valence-electron chi connectivity index (χ4n) is 1.30. The van der Waals surface area contributed by atoms with E-state index in [1.54, 1.807) is 20.8 Å². The molecule has 0 spiro atoms. The Morgan fingerprint density at radius 3 is 2.35 bits per heavy atom. The fraction of sp³-hybridized carbons (Fsp3) is 0.769. The summed E-state index contributed by atoms with van der Waals surface area (Å²) in [5, 5.41) is 4.85. The molecule has 0 rings (SSSR count). The van der Waals surface area contributed by atoms with Crippen LogP contribution in [0.15, 0.2) is 0 Å². The molecule has 0 saturated heterocycles. The molecule has 0 aromatic heterocycles. The van der Waals surface area contributed by atoms with E-state index in [1.165, 1.54) is 14.0 Å². The molecule has 0 bridgehead atoms. The Hall–Kier alpha value is -1.79. The van der Waals surface area contributed by atoms with Crippen LogP contribution in [0.5, 0.6) is 0 Å². The molecule has 2 N–H and O–H groups in total. The summed E-state index contributed by atoms with van der Waals surface area (Å²) in [7, 11) is 1.18. The Morgan fingerprint density at radius 2 is 1.90 bits per heavy atom. The highest BCUT2D eigenvalue weighted by atomic mass is 16.6. The van der Waals surface area contributed by atoms with Gasteiger partial charge in [0.1, 0.15) is 11.6 Å². The predicted molar refractivity (Wildman–Crippen MR) is 73.1 cm³/mol. The van der Waals surface area contributed by atoms with Gasteiger partial charge in [0.25, 0.3) is 0 Å². The number of rotatable bonds is 6. The van der Waals surface area contributed by atoms with Crippen LogP contribution in [0.1, 0.15) is 41.9 Å². The van der Waals surface area contributed by atoms with Gasteiger partial charge in [-0.25, -0.2) is 9.59 Å². The fourth-order valence-corrected chi connectivity index (χ4v) is 1.30. The first-order valence-corrected chi connectivity index (χ1v) is 6.31. The van der Waals surface area contributed by atoms with E-state index in [2.05, 4.69) is 15.4 Å². The molecule has 0 aliphatic heterocycles. The number of ether oxygens (including phenoxy) is 2. The van der Waals surface area contributed by atoms with Gasteiger partial charge in [-0.2, -0.15) is 0 Å². The van der Waals surface area contributed by atoms with E-state index < -0.39 is 36.0 Å². The molecular formula is C13H24N2O5. The van der Waals surface area contributed by atoms with Gasteiger partial charge in [-0.05, 0) is 33.6 Å². The molecule has 0 aromatic rings. The van der Waals surface area contributed by atoms with Crippen LogP contribution in [0, 0.1) is 0 Å². The summed E-state index contributed by atoms with van der Waals surface area (Å²) in [6.07, 6.45) is -1.36. The van der Waals surface area contributed by atoms with Gasteiger partial charge in [0.2, 0.25) is 5.91 Å². The van der Waals surface area contributed by atoms with Gasteiger partial charge in [-0.15, -0.1) is 0 Å². The van der Waals surface area contributed by atoms with Crippen molar-refractivity contribution in [2.24, 2.45) is 0 Å². The molecule has 0 unspecified atom stereocenters. The van der Waals surface area contributed by atoms with Crippen molar-refractivity contribution >= 4 is 18.0 Å². The maximum Gasteiger partial charge on any atom is 0.407 e. The third-order valence-electron chi connectivity index (χ3n) is 2.03. The zero-order chi connectivity index (χ0) is 16.6. The SMILES string of the molecule is [2H][C@H](CCNC(=O)OC(C)(C)C)[13C@H](NC(C)=O)C(=O)OC. The highest BCUT2D eigenvalue weighted by Gasteiger charge is 2.20. The lowest BCUT2D eigenvalue weighted by atomic mass is 10.2. The number of carbonyl (C=O) groups is 3. The van der Waals surface area contributed by atoms with Crippen molar-refractivity contribution in [2.75, 3.05) is 13.7 Å². The predicted octanol–water partition coefficient (Wildman–Crippen LogP) is 0.969. The van der Waals surface area contributed by atoms with E-state index in [9.17, 15) is 14.4 Å². The number of carbonyl (C=O) groups excluding carboxylic acids is 3. The van der Waals surface area contributed by atoms with Crippen molar-refractivity contribution in [3.05, 3.63) is 0 Å². The standard InChI is InChI=1S/C13H24N2O5/c1-9(16)15-10(11(17)19-5)7-6-8-14-12(18)20-13(2,3)4/h10H,6-8H2,1-5H3,(H,14,18)(H,15,16)/t10-/m0/s1/i7D,10+1/t7-,10+/m1. The lowest BCUT2D eigenvalue weighted by Crippen LogP contribution is -2.41. The summed E-state index contributed by atoms with van der Waals surface area (Å²) in [6.45, 7) is 6.62. The van der Waals surface area contributed by atoms with E-state index in [0.717, 1.165) is 0 Å². The van der Waals surface area contributed by atoms with Crippen LogP contribution in [-0.4, -0.2) is 43.3 Å². The molecular weight excluding hydrogens is 265 g/mol. The van der Waals surface area contributed by atoms with Crippen molar-refractivity contribution in [1.29, 1.82) is 0 Å². The lowest BCUT2D eigenvalue weighted by Gasteiger charge is -2.20. The van der Waals surface area contributed by atoms with E-state index in [0.29, 0.717) is 0 Å². The maximum atomic E-state index is 11.5. The Balaban J connectivity index is 4.31. The van der Waals surface area contributed by atoms with Gasteiger partial charge in [0.15, 0.2) is 0 Å². The van der Waals surface area contributed by atoms with Crippen molar-refractivity contribution < 1.29 is 25.2 Å². The molecule has 116 valence electrons. The quantitative estimate of drug-likeness (QED) is 0.561. The van der Waals surface area contributed by atoms with E-state index in [1.807, 2.05) is 0 Å². The summed E-state index contributed by atoms with van der Waals surface area (Å²) < 4.78 is 17.5. The molecule has 7 heteroatoms. The second-order valence-electron chi connectivity index (χ2n) is 5.15. The molecule has 2 amide bonds. The molecule has 0 heterocycles. The highest BCUT2D eigenvalue weighted by molar-refractivity contribution is 5.83. The average Bonchev–Trinajstić information content (AvgIpc) is 2.32. The number of esters is 1. The number of hydrogen-bond acceptors (Lipinski definition) is 5. The molecule has 7 nitrogen and oxygen atoms in total. The Labute approximate surface area is 120 Å². The number of amides is 2. The first kappa shape index (κ1) is 16.3.